The summed E-state index contributed by atoms with van der Waals surface area (Å²) >= 11 is 0. The summed E-state index contributed by atoms with van der Waals surface area (Å²) in [6.45, 7) is 1.69. The fraction of sp³-hybridized carbons (Fsp3) is 0.444. The molecule has 1 aliphatic heterocycles. The lowest BCUT2D eigenvalue weighted by Gasteiger charge is -2.35. The van der Waals surface area contributed by atoms with Gasteiger partial charge in [-0.3, -0.25) is 0 Å². The highest BCUT2D eigenvalue weighted by Crippen LogP contribution is 2.38. The van der Waals surface area contributed by atoms with Crippen molar-refractivity contribution in [2.45, 2.75) is 37.6 Å². The summed E-state index contributed by atoms with van der Waals surface area (Å²) in [4.78, 5) is 11.1. The molecule has 1 aliphatic carbocycles. The molecule has 4 rings (SSSR count). The number of rotatable bonds is 4. The molecule has 0 amide bonds. The van der Waals surface area contributed by atoms with E-state index in [2.05, 4.69) is 20.2 Å². The molecule has 4 nitrogen and oxygen atoms in total. The van der Waals surface area contributed by atoms with Crippen LogP contribution in [-0.4, -0.2) is 29.1 Å². The Morgan fingerprint density at radius 1 is 1.13 bits per heavy atom. The van der Waals surface area contributed by atoms with E-state index in [1.54, 1.807) is 6.07 Å². The minimum atomic E-state index is -0.147. The van der Waals surface area contributed by atoms with E-state index in [9.17, 15) is 4.39 Å². The number of halogens is 1. The Labute approximate surface area is 135 Å². The molecule has 2 aliphatic rings. The predicted octanol–water partition coefficient (Wildman–Crippen LogP) is 3.57. The molecule has 1 aromatic heterocycles. The Balaban J connectivity index is 1.45. The van der Waals surface area contributed by atoms with Crippen LogP contribution in [0.25, 0.3) is 0 Å². The highest BCUT2D eigenvalue weighted by molar-refractivity contribution is 5.49. The number of nitrogens with zero attached hydrogens (tertiary/aromatic N) is 3. The van der Waals surface area contributed by atoms with Crippen LogP contribution in [-0.2, 0) is 0 Å². The third kappa shape index (κ3) is 3.28. The zero-order valence-corrected chi connectivity index (χ0v) is 13.1. The van der Waals surface area contributed by atoms with Crippen molar-refractivity contribution < 1.29 is 4.39 Å². The summed E-state index contributed by atoms with van der Waals surface area (Å²) < 4.78 is 14.0. The van der Waals surface area contributed by atoms with Crippen molar-refractivity contribution in [1.29, 1.82) is 0 Å². The van der Waals surface area contributed by atoms with Crippen LogP contribution < -0.4 is 10.2 Å². The molecular formula is C18H21FN4. The molecule has 2 heterocycles. The largest absolute Gasteiger partial charge is 0.367 e. The van der Waals surface area contributed by atoms with Gasteiger partial charge in [-0.25, -0.2) is 14.4 Å². The minimum absolute atomic E-state index is 0.147. The number of nitrogens with one attached hydrogen (secondary N) is 1. The molecule has 2 fully saturated rings. The molecule has 2 aromatic rings. The van der Waals surface area contributed by atoms with Gasteiger partial charge in [-0.15, -0.1) is 0 Å². The zero-order valence-electron chi connectivity index (χ0n) is 13.1. The van der Waals surface area contributed by atoms with Gasteiger partial charge in [0.1, 0.15) is 17.5 Å². The minimum Gasteiger partial charge on any atom is -0.367 e. The average Bonchev–Trinajstić information content (AvgIpc) is 3.41. The third-order valence-electron chi connectivity index (χ3n) is 4.58. The summed E-state index contributed by atoms with van der Waals surface area (Å²) in [6, 6.07) is 9.21. The standard InChI is InChI=1S/C18H21FN4/c19-15-5-1-2-6-16(15)23-11-3-4-14(12-23)21-17-9-10-20-18(22-17)13-7-8-13/h1-2,5-6,9-10,13-14H,3-4,7-8,11-12H2,(H,20,21,22). The highest BCUT2D eigenvalue weighted by Gasteiger charge is 2.27. The van der Waals surface area contributed by atoms with Crippen LogP contribution in [0, 0.1) is 5.82 Å². The van der Waals surface area contributed by atoms with Gasteiger partial charge in [-0.1, -0.05) is 12.1 Å². The van der Waals surface area contributed by atoms with Gasteiger partial charge in [-0.2, -0.15) is 0 Å². The first-order chi connectivity index (χ1) is 11.3. The molecule has 0 spiro atoms. The monoisotopic (exact) mass is 312 g/mol. The molecule has 1 N–H and O–H groups in total. The summed E-state index contributed by atoms with van der Waals surface area (Å²) in [7, 11) is 0. The van der Waals surface area contributed by atoms with Gasteiger partial charge in [0.05, 0.1) is 5.69 Å². The Kier molecular flexibility index (Phi) is 3.85. The van der Waals surface area contributed by atoms with Gasteiger partial charge in [0, 0.05) is 31.2 Å². The van der Waals surface area contributed by atoms with Gasteiger partial charge in [0.15, 0.2) is 0 Å². The molecule has 1 aromatic carbocycles. The van der Waals surface area contributed by atoms with Gasteiger partial charge in [0.25, 0.3) is 0 Å². The topological polar surface area (TPSA) is 41.0 Å². The summed E-state index contributed by atoms with van der Waals surface area (Å²) in [5.41, 5.74) is 0.695. The van der Waals surface area contributed by atoms with Crippen LogP contribution in [0.2, 0.25) is 0 Å². The molecule has 23 heavy (non-hydrogen) atoms. The van der Waals surface area contributed by atoms with Crippen LogP contribution in [0.15, 0.2) is 36.5 Å². The smallest absolute Gasteiger partial charge is 0.146 e. The Bertz CT molecular complexity index is 686. The van der Waals surface area contributed by atoms with Gasteiger partial charge in [-0.05, 0) is 43.9 Å². The number of aromatic nitrogens is 2. The lowest BCUT2D eigenvalue weighted by molar-refractivity contribution is 0.518. The van der Waals surface area contributed by atoms with E-state index in [1.807, 2.05) is 24.4 Å². The molecular weight excluding hydrogens is 291 g/mol. The van der Waals surface area contributed by atoms with Crippen molar-refractivity contribution in [2.24, 2.45) is 0 Å². The van der Waals surface area contributed by atoms with Gasteiger partial charge < -0.3 is 10.2 Å². The van der Waals surface area contributed by atoms with E-state index in [0.29, 0.717) is 11.6 Å². The van der Waals surface area contributed by atoms with E-state index in [4.69, 9.17) is 0 Å². The first-order valence-electron chi connectivity index (χ1n) is 8.38. The molecule has 5 heteroatoms. The molecule has 1 atom stereocenters. The summed E-state index contributed by atoms with van der Waals surface area (Å²) in [6.07, 6.45) is 6.36. The van der Waals surface area contributed by atoms with Crippen molar-refractivity contribution in [2.75, 3.05) is 23.3 Å². The molecule has 1 saturated heterocycles. The van der Waals surface area contributed by atoms with E-state index in [0.717, 1.165) is 37.6 Å². The van der Waals surface area contributed by atoms with Gasteiger partial charge >= 0.3 is 0 Å². The molecule has 1 unspecified atom stereocenters. The average molecular weight is 312 g/mol. The normalized spacial score (nSPS) is 21.3. The van der Waals surface area contributed by atoms with E-state index >= 15 is 0 Å². The first kappa shape index (κ1) is 14.4. The second kappa shape index (κ2) is 6.14. The van der Waals surface area contributed by atoms with Crippen molar-refractivity contribution in [3.8, 4) is 0 Å². The van der Waals surface area contributed by atoms with E-state index in [1.165, 1.54) is 18.9 Å². The Morgan fingerprint density at radius 2 is 2.00 bits per heavy atom. The number of para-hydroxylation sites is 1. The van der Waals surface area contributed by atoms with Crippen LogP contribution in [0.1, 0.15) is 37.4 Å². The fourth-order valence-electron chi connectivity index (χ4n) is 3.22. The van der Waals surface area contributed by atoms with Crippen LogP contribution >= 0.6 is 0 Å². The number of hydrogen-bond donors (Lipinski definition) is 1. The number of piperidine rings is 1. The van der Waals surface area contributed by atoms with E-state index in [-0.39, 0.29) is 11.9 Å². The highest BCUT2D eigenvalue weighted by atomic mass is 19.1. The number of hydrogen-bond acceptors (Lipinski definition) is 4. The second-order valence-electron chi connectivity index (χ2n) is 6.46. The Morgan fingerprint density at radius 3 is 2.83 bits per heavy atom. The SMILES string of the molecule is Fc1ccccc1N1CCCC(Nc2ccnc(C3CC3)n2)C1. The van der Waals surface area contributed by atoms with Crippen molar-refractivity contribution in [3.05, 3.63) is 48.2 Å². The molecule has 0 radical (unpaired) electrons. The maximum absolute atomic E-state index is 14.0. The number of anilines is 2. The zero-order chi connectivity index (χ0) is 15.6. The maximum Gasteiger partial charge on any atom is 0.146 e. The van der Waals surface area contributed by atoms with Crippen molar-refractivity contribution in [3.63, 3.8) is 0 Å². The summed E-state index contributed by atoms with van der Waals surface area (Å²) in [5, 5.41) is 3.51. The van der Waals surface area contributed by atoms with Crippen molar-refractivity contribution >= 4 is 11.5 Å². The third-order valence-corrected chi connectivity index (χ3v) is 4.58. The Hall–Kier alpha value is -2.17. The fourth-order valence-corrected chi connectivity index (χ4v) is 3.22. The maximum atomic E-state index is 14.0. The second-order valence-corrected chi connectivity index (χ2v) is 6.46. The predicted molar refractivity (Wildman–Crippen MR) is 89.3 cm³/mol. The quantitative estimate of drug-likeness (QED) is 0.937. The van der Waals surface area contributed by atoms with Crippen LogP contribution in [0.4, 0.5) is 15.9 Å². The van der Waals surface area contributed by atoms with Crippen LogP contribution in [0.3, 0.4) is 0 Å². The first-order valence-corrected chi connectivity index (χ1v) is 8.38. The molecule has 1 saturated carbocycles. The van der Waals surface area contributed by atoms with Crippen LogP contribution in [0.5, 0.6) is 0 Å². The van der Waals surface area contributed by atoms with Gasteiger partial charge in [0.2, 0.25) is 0 Å². The number of benzene rings is 1. The molecule has 0 bridgehead atoms. The van der Waals surface area contributed by atoms with E-state index < -0.39 is 0 Å². The molecule has 120 valence electrons. The van der Waals surface area contributed by atoms with Crippen molar-refractivity contribution in [1.82, 2.24) is 9.97 Å². The summed E-state index contributed by atoms with van der Waals surface area (Å²) in [5.74, 6) is 2.25. The lowest BCUT2D eigenvalue weighted by atomic mass is 10.0. The lowest BCUT2D eigenvalue weighted by Crippen LogP contribution is -2.42.